The molecule has 3 N–H and O–H groups in total. The number of aliphatic imine (C=N–C) groups is 1. The second-order valence-electron chi connectivity index (χ2n) is 8.14. The van der Waals surface area contributed by atoms with Crippen LogP contribution in [0.3, 0.4) is 0 Å². The molecular weight excluding hydrogens is 372 g/mol. The Kier molecular flexibility index (Phi) is 7.47. The molecule has 0 aromatic heterocycles. The van der Waals surface area contributed by atoms with E-state index < -0.39 is 30.0 Å². The number of carbonyl (C=O) groups excluding carboxylic acids is 2. The van der Waals surface area contributed by atoms with Gasteiger partial charge in [0.25, 0.3) is 0 Å². The number of amidine groups is 1. The van der Waals surface area contributed by atoms with E-state index in [0.29, 0.717) is 6.54 Å². The van der Waals surface area contributed by atoms with E-state index in [2.05, 4.69) is 15.0 Å². The number of nitrogens with two attached hydrogens (primary N) is 1. The van der Waals surface area contributed by atoms with Gasteiger partial charge in [0, 0.05) is 12.5 Å². The summed E-state index contributed by atoms with van der Waals surface area (Å²) in [6.45, 7) is 7.72. The molecule has 1 aromatic carbocycles. The number of piperidine rings is 1. The Labute approximate surface area is 172 Å². The third kappa shape index (κ3) is 6.37. The van der Waals surface area contributed by atoms with E-state index in [1.54, 1.807) is 11.8 Å². The number of hydrogen-bond acceptors (Lipinski definition) is 5. The maximum atomic E-state index is 12.9. The number of amides is 2. The Morgan fingerprint density at radius 1 is 1.28 bits per heavy atom. The van der Waals surface area contributed by atoms with E-state index in [9.17, 15) is 9.59 Å². The fourth-order valence-corrected chi connectivity index (χ4v) is 3.50. The molecule has 0 bridgehead atoms. The van der Waals surface area contributed by atoms with Gasteiger partial charge in [0.2, 0.25) is 0 Å². The number of nitrogens with zero attached hydrogens (tertiary/aromatic N) is 2. The van der Waals surface area contributed by atoms with Crippen LogP contribution in [0.4, 0.5) is 9.59 Å². The van der Waals surface area contributed by atoms with E-state index in [1.807, 2.05) is 51.1 Å². The van der Waals surface area contributed by atoms with Gasteiger partial charge < -0.3 is 15.2 Å². The number of carbonyl (C=O) groups is 2. The summed E-state index contributed by atoms with van der Waals surface area (Å²) >= 11 is 0. The average Bonchev–Trinajstić information content (AvgIpc) is 2.66. The maximum absolute atomic E-state index is 12.9. The van der Waals surface area contributed by atoms with Crippen molar-refractivity contribution in [1.29, 1.82) is 0 Å². The van der Waals surface area contributed by atoms with Gasteiger partial charge >= 0.3 is 12.2 Å². The minimum atomic E-state index is -0.618. The van der Waals surface area contributed by atoms with Gasteiger partial charge in [-0.05, 0) is 46.1 Å². The van der Waals surface area contributed by atoms with Crippen LogP contribution in [0, 0.1) is 0 Å². The summed E-state index contributed by atoms with van der Waals surface area (Å²) in [4.78, 5) is 30.5. The number of rotatable bonds is 4. The first-order valence-electron chi connectivity index (χ1n) is 9.84. The number of alkyl carbamates (subject to hydrolysis) is 1. The normalized spacial score (nSPS) is 21.3. The first-order valence-corrected chi connectivity index (χ1v) is 9.84. The highest BCUT2D eigenvalue weighted by atomic mass is 16.6. The Morgan fingerprint density at radius 3 is 2.52 bits per heavy atom. The summed E-state index contributed by atoms with van der Waals surface area (Å²) in [5.74, 6) is 0.250. The number of hydrogen-bond donors (Lipinski definition) is 2. The molecule has 29 heavy (non-hydrogen) atoms. The van der Waals surface area contributed by atoms with Gasteiger partial charge in [0.15, 0.2) is 0 Å². The van der Waals surface area contributed by atoms with Crippen LogP contribution in [0.25, 0.3) is 0 Å². The van der Waals surface area contributed by atoms with Crippen LogP contribution in [-0.4, -0.2) is 54.4 Å². The fraction of sp³-hybridized carbons (Fsp3) is 0.571. The summed E-state index contributed by atoms with van der Waals surface area (Å²) in [7, 11) is 1.28. The molecule has 1 fully saturated rings. The van der Waals surface area contributed by atoms with Crippen molar-refractivity contribution in [1.82, 2.24) is 10.2 Å². The highest BCUT2D eigenvalue weighted by molar-refractivity contribution is 5.90. The first-order chi connectivity index (χ1) is 13.6. The summed E-state index contributed by atoms with van der Waals surface area (Å²) in [5, 5.41) is 2.57. The van der Waals surface area contributed by atoms with Crippen LogP contribution in [-0.2, 0) is 9.47 Å². The predicted octanol–water partition coefficient (Wildman–Crippen LogP) is 3.23. The van der Waals surface area contributed by atoms with Gasteiger partial charge in [-0.2, -0.15) is 0 Å². The van der Waals surface area contributed by atoms with Crippen molar-refractivity contribution in [2.75, 3.05) is 13.7 Å². The molecule has 0 spiro atoms. The molecule has 3 atom stereocenters. The predicted molar refractivity (Wildman–Crippen MR) is 112 cm³/mol. The molecule has 1 unspecified atom stereocenters. The quantitative estimate of drug-likeness (QED) is 0.592. The van der Waals surface area contributed by atoms with Crippen LogP contribution < -0.4 is 11.1 Å². The number of benzene rings is 1. The van der Waals surface area contributed by atoms with Crippen molar-refractivity contribution in [2.45, 2.75) is 64.3 Å². The zero-order chi connectivity index (χ0) is 21.6. The largest absolute Gasteiger partial charge is 0.453 e. The molecule has 0 saturated carbocycles. The number of ether oxygens (including phenoxy) is 2. The minimum Gasteiger partial charge on any atom is -0.453 e. The maximum Gasteiger partial charge on any atom is 0.410 e. The van der Waals surface area contributed by atoms with Gasteiger partial charge in [0.1, 0.15) is 17.6 Å². The Morgan fingerprint density at radius 2 is 1.93 bits per heavy atom. The molecule has 2 rings (SSSR count). The van der Waals surface area contributed by atoms with Crippen LogP contribution in [0.5, 0.6) is 0 Å². The first kappa shape index (κ1) is 22.5. The van der Waals surface area contributed by atoms with Crippen molar-refractivity contribution in [2.24, 2.45) is 10.7 Å². The monoisotopic (exact) mass is 404 g/mol. The highest BCUT2D eigenvalue weighted by Crippen LogP contribution is 2.34. The fourth-order valence-electron chi connectivity index (χ4n) is 3.50. The van der Waals surface area contributed by atoms with Crippen LogP contribution in [0.15, 0.2) is 35.3 Å². The zero-order valence-corrected chi connectivity index (χ0v) is 17.8. The van der Waals surface area contributed by atoms with E-state index in [1.165, 1.54) is 7.11 Å². The summed E-state index contributed by atoms with van der Waals surface area (Å²) in [5.41, 5.74) is 6.86. The SMILES string of the molecule is COC(=O)NC(C)/N=C(\N)[C@@H]1[C@H](c2ccccc2)CCCN1C(=O)OC(C)(C)C. The third-order valence-electron chi connectivity index (χ3n) is 4.64. The lowest BCUT2D eigenvalue weighted by Gasteiger charge is -2.41. The molecular formula is C21H32N4O4. The van der Waals surface area contributed by atoms with Crippen LogP contribution >= 0.6 is 0 Å². The molecule has 2 amide bonds. The van der Waals surface area contributed by atoms with Crippen LogP contribution in [0.2, 0.25) is 0 Å². The van der Waals surface area contributed by atoms with Gasteiger partial charge in [-0.25, -0.2) is 14.6 Å². The second kappa shape index (κ2) is 9.62. The topological polar surface area (TPSA) is 106 Å². The minimum absolute atomic E-state index is 0.0217. The second-order valence-corrected chi connectivity index (χ2v) is 8.14. The average molecular weight is 405 g/mol. The summed E-state index contributed by atoms with van der Waals surface area (Å²) in [6, 6.07) is 9.47. The molecule has 8 nitrogen and oxygen atoms in total. The number of nitrogens with one attached hydrogen (secondary N) is 1. The van der Waals surface area contributed by atoms with Crippen molar-refractivity contribution in [3.05, 3.63) is 35.9 Å². The smallest absolute Gasteiger partial charge is 0.410 e. The van der Waals surface area contributed by atoms with Crippen molar-refractivity contribution in [3.63, 3.8) is 0 Å². The van der Waals surface area contributed by atoms with E-state index in [0.717, 1.165) is 18.4 Å². The Hall–Kier alpha value is -2.77. The highest BCUT2D eigenvalue weighted by Gasteiger charge is 2.39. The molecule has 1 aliphatic rings. The molecule has 1 aliphatic heterocycles. The van der Waals surface area contributed by atoms with E-state index in [4.69, 9.17) is 10.5 Å². The van der Waals surface area contributed by atoms with Crippen molar-refractivity contribution in [3.8, 4) is 0 Å². The van der Waals surface area contributed by atoms with Crippen LogP contribution in [0.1, 0.15) is 52.0 Å². The van der Waals surface area contributed by atoms with Crippen molar-refractivity contribution >= 4 is 18.0 Å². The molecule has 0 radical (unpaired) electrons. The van der Waals surface area contributed by atoms with E-state index in [-0.39, 0.29) is 11.8 Å². The Balaban J connectivity index is 2.36. The van der Waals surface area contributed by atoms with E-state index >= 15 is 0 Å². The third-order valence-corrected chi connectivity index (χ3v) is 4.64. The number of methoxy groups -OCH3 is 1. The van der Waals surface area contributed by atoms with Crippen molar-refractivity contribution < 1.29 is 19.1 Å². The molecule has 0 aliphatic carbocycles. The lowest BCUT2D eigenvalue weighted by molar-refractivity contribution is 0.0141. The van der Waals surface area contributed by atoms with Gasteiger partial charge in [-0.1, -0.05) is 30.3 Å². The molecule has 1 heterocycles. The lowest BCUT2D eigenvalue weighted by Crippen LogP contribution is -2.55. The lowest BCUT2D eigenvalue weighted by atomic mass is 9.83. The molecule has 1 aromatic rings. The van der Waals surface area contributed by atoms with Gasteiger partial charge in [0.05, 0.1) is 13.2 Å². The molecule has 8 heteroatoms. The van der Waals surface area contributed by atoms with Gasteiger partial charge in [-0.15, -0.1) is 0 Å². The zero-order valence-electron chi connectivity index (χ0n) is 17.8. The molecule has 1 saturated heterocycles. The summed E-state index contributed by atoms with van der Waals surface area (Å²) < 4.78 is 10.2. The Bertz CT molecular complexity index is 730. The number of likely N-dealkylation sites (tertiary alicyclic amines) is 1. The molecule has 160 valence electrons. The summed E-state index contributed by atoms with van der Waals surface area (Å²) in [6.07, 6.45) is 0.0825. The standard InChI is InChI=1S/C21H32N4O4/c1-14(24-19(26)28-5)23-18(22)17-16(15-10-7-6-8-11-15)12-9-13-25(17)20(27)29-21(2,3)4/h6-8,10-11,14,16-17H,9,12-13H2,1-5H3,(H2,22,23)(H,24,26)/t14?,16-,17-/m0/s1. The van der Waals surface area contributed by atoms with Gasteiger partial charge in [-0.3, -0.25) is 10.2 Å².